The highest BCUT2D eigenvalue weighted by Gasteiger charge is 2.44. The van der Waals surface area contributed by atoms with Gasteiger partial charge in [0, 0.05) is 0 Å². The van der Waals surface area contributed by atoms with E-state index in [1.54, 1.807) is 12.1 Å². The van der Waals surface area contributed by atoms with E-state index in [1.165, 1.54) is 4.57 Å². The Morgan fingerprint density at radius 2 is 1.81 bits per heavy atom. The number of benzene rings is 1. The van der Waals surface area contributed by atoms with Crippen molar-refractivity contribution >= 4 is 45.8 Å². The maximum absolute atomic E-state index is 10.1. The third-order valence-electron chi connectivity index (χ3n) is 3.46. The quantitative estimate of drug-likeness (QED) is 0.763. The normalized spacial score (nSPS) is 29.4. The summed E-state index contributed by atoms with van der Waals surface area (Å²) in [4.78, 5) is 4.12. The van der Waals surface area contributed by atoms with Crippen LogP contribution in [0, 0.1) is 0 Å². The van der Waals surface area contributed by atoms with Crippen LogP contribution in [0.15, 0.2) is 12.1 Å². The van der Waals surface area contributed by atoms with E-state index in [0.717, 1.165) is 0 Å². The van der Waals surface area contributed by atoms with Gasteiger partial charge in [-0.15, -0.1) is 0 Å². The summed E-state index contributed by atoms with van der Waals surface area (Å²) in [6, 6.07) is 3.09. The molecule has 0 radical (unpaired) electrons. The van der Waals surface area contributed by atoms with Gasteiger partial charge in [0.1, 0.15) is 18.3 Å². The molecule has 114 valence electrons. The van der Waals surface area contributed by atoms with Crippen LogP contribution in [0.2, 0.25) is 15.3 Å². The van der Waals surface area contributed by atoms with E-state index in [2.05, 4.69) is 4.98 Å². The molecule has 9 heteroatoms. The maximum Gasteiger partial charge on any atom is 0.206 e. The first-order chi connectivity index (χ1) is 9.93. The zero-order valence-corrected chi connectivity index (χ0v) is 12.7. The number of hydrogen-bond donors (Lipinski definition) is 3. The van der Waals surface area contributed by atoms with Crippen LogP contribution in [-0.4, -0.2) is 49.8 Å². The molecule has 0 bridgehead atoms. The van der Waals surface area contributed by atoms with Crippen molar-refractivity contribution in [2.24, 2.45) is 0 Å². The lowest BCUT2D eigenvalue weighted by atomic mass is 10.1. The van der Waals surface area contributed by atoms with Crippen LogP contribution in [0.4, 0.5) is 0 Å². The van der Waals surface area contributed by atoms with E-state index >= 15 is 0 Å². The van der Waals surface area contributed by atoms with Crippen molar-refractivity contribution in [2.45, 2.75) is 24.5 Å². The molecule has 6 nitrogen and oxygen atoms in total. The van der Waals surface area contributed by atoms with E-state index in [0.29, 0.717) is 21.1 Å². The lowest BCUT2D eigenvalue weighted by Crippen LogP contribution is -2.33. The van der Waals surface area contributed by atoms with Crippen molar-refractivity contribution in [1.82, 2.24) is 9.55 Å². The summed E-state index contributed by atoms with van der Waals surface area (Å²) in [6.45, 7) is -0.425. The first kappa shape index (κ1) is 15.3. The topological polar surface area (TPSA) is 87.7 Å². The fraction of sp³-hybridized carbons (Fsp3) is 0.417. The maximum atomic E-state index is 10.1. The van der Waals surface area contributed by atoms with Crippen LogP contribution in [0.3, 0.4) is 0 Å². The molecule has 1 aliphatic rings. The molecule has 1 aromatic heterocycles. The summed E-state index contributed by atoms with van der Waals surface area (Å²) >= 11 is 18.0. The second-order valence-electron chi connectivity index (χ2n) is 4.73. The zero-order chi connectivity index (χ0) is 15.3. The average Bonchev–Trinajstić information content (AvgIpc) is 2.89. The number of imidazole rings is 1. The second-order valence-corrected chi connectivity index (χ2v) is 5.89. The molecule has 2 aromatic rings. The molecule has 0 saturated carbocycles. The molecule has 0 unspecified atom stereocenters. The summed E-state index contributed by atoms with van der Waals surface area (Å²) in [6.07, 6.45) is -4.36. The Kier molecular flexibility index (Phi) is 4.04. The monoisotopic (exact) mass is 352 g/mol. The number of hydrogen-bond acceptors (Lipinski definition) is 5. The highest BCUT2D eigenvalue weighted by atomic mass is 35.5. The molecule has 0 amide bonds. The lowest BCUT2D eigenvalue weighted by molar-refractivity contribution is -0.0507. The largest absolute Gasteiger partial charge is 0.394 e. The van der Waals surface area contributed by atoms with Gasteiger partial charge in [0.15, 0.2) is 6.23 Å². The molecule has 1 aliphatic heterocycles. The Labute approximate surface area is 134 Å². The summed E-state index contributed by atoms with van der Waals surface area (Å²) in [5.74, 6) is 0. The van der Waals surface area contributed by atoms with Gasteiger partial charge in [-0.2, -0.15) is 0 Å². The van der Waals surface area contributed by atoms with Crippen LogP contribution in [0.25, 0.3) is 11.0 Å². The van der Waals surface area contributed by atoms with Crippen molar-refractivity contribution < 1.29 is 20.1 Å². The first-order valence-corrected chi connectivity index (χ1v) is 7.22. The van der Waals surface area contributed by atoms with E-state index in [9.17, 15) is 10.2 Å². The van der Waals surface area contributed by atoms with Gasteiger partial charge in [0.2, 0.25) is 5.28 Å². The third kappa shape index (κ3) is 2.41. The first-order valence-electron chi connectivity index (χ1n) is 6.09. The summed E-state index contributed by atoms with van der Waals surface area (Å²) < 4.78 is 6.86. The Morgan fingerprint density at radius 3 is 2.43 bits per heavy atom. The van der Waals surface area contributed by atoms with Crippen molar-refractivity contribution in [3.63, 3.8) is 0 Å². The Morgan fingerprint density at radius 1 is 1.14 bits per heavy atom. The van der Waals surface area contributed by atoms with Gasteiger partial charge in [-0.1, -0.05) is 23.2 Å². The number of nitrogens with zero attached hydrogens (tertiary/aromatic N) is 2. The molecule has 1 aromatic carbocycles. The van der Waals surface area contributed by atoms with Crippen molar-refractivity contribution in [2.75, 3.05) is 6.61 Å². The molecule has 0 aliphatic carbocycles. The number of rotatable bonds is 2. The van der Waals surface area contributed by atoms with E-state index in [1.807, 2.05) is 0 Å². The molecular weight excluding hydrogens is 343 g/mol. The predicted molar refractivity (Wildman–Crippen MR) is 77.8 cm³/mol. The van der Waals surface area contributed by atoms with E-state index < -0.39 is 31.1 Å². The molecule has 1 saturated heterocycles. The van der Waals surface area contributed by atoms with Crippen LogP contribution in [0.1, 0.15) is 6.23 Å². The molecule has 3 N–H and O–H groups in total. The van der Waals surface area contributed by atoms with Crippen LogP contribution >= 0.6 is 34.8 Å². The molecular formula is C12H11Cl3N2O4. The van der Waals surface area contributed by atoms with E-state index in [4.69, 9.17) is 44.6 Å². The van der Waals surface area contributed by atoms with Gasteiger partial charge in [0.05, 0.1) is 27.7 Å². The van der Waals surface area contributed by atoms with Crippen LogP contribution in [-0.2, 0) is 4.74 Å². The minimum atomic E-state index is -1.26. The van der Waals surface area contributed by atoms with Gasteiger partial charge >= 0.3 is 0 Å². The minimum absolute atomic E-state index is 0.0539. The van der Waals surface area contributed by atoms with Gasteiger partial charge < -0.3 is 20.1 Å². The predicted octanol–water partition coefficient (Wildman–Crippen LogP) is 1.61. The van der Waals surface area contributed by atoms with Gasteiger partial charge in [-0.25, -0.2) is 4.98 Å². The summed E-state index contributed by atoms with van der Waals surface area (Å²) in [5, 5.41) is 29.7. The molecule has 2 heterocycles. The van der Waals surface area contributed by atoms with Crippen LogP contribution in [0.5, 0.6) is 0 Å². The highest BCUT2D eigenvalue weighted by Crippen LogP contribution is 2.36. The number of aliphatic hydroxyl groups excluding tert-OH is 3. The molecule has 3 rings (SSSR count). The Balaban J connectivity index is 2.12. The Hall–Kier alpha value is -0.600. The molecule has 4 atom stereocenters. The van der Waals surface area contributed by atoms with Gasteiger partial charge in [-0.3, -0.25) is 4.57 Å². The standard InChI is InChI=1S/C12H11Cl3N2O4/c13-4-1-6-7(2-5(4)14)17(12(15)16-6)11-10(20)9(19)8(3-18)21-11/h1-2,8-11,18-20H,3H2/t8-,9-,10-,11+/m1/s1. The summed E-state index contributed by atoms with van der Waals surface area (Å²) in [7, 11) is 0. The number of aliphatic hydroxyl groups is 3. The van der Waals surface area contributed by atoms with Crippen LogP contribution < -0.4 is 0 Å². The SMILES string of the molecule is OC[C@H]1O[C@H](n2c(Cl)nc3cc(Cl)c(Cl)cc32)[C@H](O)[C@@H]1O. The smallest absolute Gasteiger partial charge is 0.206 e. The summed E-state index contributed by atoms with van der Waals surface area (Å²) in [5.41, 5.74) is 0.983. The number of halogens is 3. The lowest BCUT2D eigenvalue weighted by Gasteiger charge is -2.18. The molecule has 21 heavy (non-hydrogen) atoms. The molecule has 1 fully saturated rings. The fourth-order valence-electron chi connectivity index (χ4n) is 2.40. The average molecular weight is 354 g/mol. The fourth-order valence-corrected chi connectivity index (χ4v) is 2.99. The zero-order valence-electron chi connectivity index (χ0n) is 10.4. The Bertz CT molecular complexity index is 693. The number of aromatic nitrogens is 2. The minimum Gasteiger partial charge on any atom is -0.394 e. The second kappa shape index (κ2) is 5.55. The number of fused-ring (bicyclic) bond motifs is 1. The van der Waals surface area contributed by atoms with Gasteiger partial charge in [-0.05, 0) is 23.7 Å². The van der Waals surface area contributed by atoms with Crippen molar-refractivity contribution in [3.8, 4) is 0 Å². The molecule has 0 spiro atoms. The van der Waals surface area contributed by atoms with Crippen molar-refractivity contribution in [1.29, 1.82) is 0 Å². The number of ether oxygens (including phenoxy) is 1. The van der Waals surface area contributed by atoms with E-state index in [-0.39, 0.29) is 5.28 Å². The van der Waals surface area contributed by atoms with Gasteiger partial charge in [0.25, 0.3) is 0 Å². The third-order valence-corrected chi connectivity index (χ3v) is 4.45. The van der Waals surface area contributed by atoms with Crippen molar-refractivity contribution in [3.05, 3.63) is 27.5 Å². The highest BCUT2D eigenvalue weighted by molar-refractivity contribution is 6.42.